The van der Waals surface area contributed by atoms with Crippen molar-refractivity contribution < 1.29 is 14.5 Å². The van der Waals surface area contributed by atoms with Gasteiger partial charge in [-0.2, -0.15) is 0 Å². The standard InChI is InChI=1S/C19H24N4O4S/c24-19(7-8-20-15-4-1-2-5-16(15)23(25)26)21-14-17(18-6-3-13-28-18)22-9-11-27-12-10-22/h1-6,13,17,20H,7-12,14H2,(H,21,24). The first kappa shape index (κ1) is 20.2. The molecule has 0 radical (unpaired) electrons. The highest BCUT2D eigenvalue weighted by atomic mass is 32.1. The Bertz CT molecular complexity index is 778. The minimum absolute atomic E-state index is 0.00739. The third kappa shape index (κ3) is 5.51. The predicted octanol–water partition coefficient (Wildman–Crippen LogP) is 2.65. The van der Waals surface area contributed by atoms with Crippen molar-refractivity contribution in [3.05, 3.63) is 56.8 Å². The van der Waals surface area contributed by atoms with Crippen LogP contribution < -0.4 is 10.6 Å². The Hall–Kier alpha value is -2.49. The Morgan fingerprint density at radius 1 is 1.25 bits per heavy atom. The van der Waals surface area contributed by atoms with E-state index in [1.54, 1.807) is 29.5 Å². The first-order valence-corrected chi connectivity index (χ1v) is 10.1. The zero-order valence-electron chi connectivity index (χ0n) is 15.5. The lowest BCUT2D eigenvalue weighted by Gasteiger charge is -2.34. The number of amides is 1. The molecule has 1 saturated heterocycles. The summed E-state index contributed by atoms with van der Waals surface area (Å²) >= 11 is 1.69. The molecule has 1 aliphatic heterocycles. The summed E-state index contributed by atoms with van der Waals surface area (Å²) in [7, 11) is 0. The van der Waals surface area contributed by atoms with Crippen LogP contribution in [0.1, 0.15) is 17.3 Å². The number of thiophene rings is 1. The van der Waals surface area contributed by atoms with Crippen molar-refractivity contribution in [2.45, 2.75) is 12.5 Å². The smallest absolute Gasteiger partial charge is 0.292 e. The first-order valence-electron chi connectivity index (χ1n) is 9.24. The van der Waals surface area contributed by atoms with Crippen molar-refractivity contribution in [2.75, 3.05) is 44.7 Å². The third-order valence-corrected chi connectivity index (χ3v) is 5.59. The fraction of sp³-hybridized carbons (Fsp3) is 0.421. The second-order valence-corrected chi connectivity index (χ2v) is 7.41. The van der Waals surface area contributed by atoms with Gasteiger partial charge in [0, 0.05) is 43.5 Å². The van der Waals surface area contributed by atoms with E-state index in [9.17, 15) is 14.9 Å². The van der Waals surface area contributed by atoms with E-state index in [-0.39, 0.29) is 24.1 Å². The maximum Gasteiger partial charge on any atom is 0.292 e. The molecule has 0 spiro atoms. The van der Waals surface area contributed by atoms with E-state index in [0.717, 1.165) is 13.1 Å². The van der Waals surface area contributed by atoms with Gasteiger partial charge in [0.1, 0.15) is 5.69 Å². The molecule has 150 valence electrons. The summed E-state index contributed by atoms with van der Waals surface area (Å²) in [5.74, 6) is -0.0825. The van der Waals surface area contributed by atoms with E-state index in [4.69, 9.17) is 4.74 Å². The number of morpholine rings is 1. The summed E-state index contributed by atoms with van der Waals surface area (Å²) in [5.41, 5.74) is 0.429. The lowest BCUT2D eigenvalue weighted by Crippen LogP contribution is -2.43. The Balaban J connectivity index is 1.49. The largest absolute Gasteiger partial charge is 0.379 e. The summed E-state index contributed by atoms with van der Waals surface area (Å²) in [4.78, 5) is 26.4. The fourth-order valence-corrected chi connectivity index (χ4v) is 4.03. The highest BCUT2D eigenvalue weighted by molar-refractivity contribution is 7.10. The fourth-order valence-electron chi connectivity index (χ4n) is 3.17. The molecule has 2 aromatic rings. The Morgan fingerprint density at radius 2 is 2.04 bits per heavy atom. The van der Waals surface area contributed by atoms with Crippen LogP contribution in [0.5, 0.6) is 0 Å². The number of nitro benzene ring substituents is 1. The lowest BCUT2D eigenvalue weighted by molar-refractivity contribution is -0.384. The van der Waals surface area contributed by atoms with Crippen molar-refractivity contribution in [3.8, 4) is 0 Å². The average Bonchev–Trinajstić information content (AvgIpc) is 3.24. The molecule has 1 aliphatic rings. The number of carbonyl (C=O) groups is 1. The van der Waals surface area contributed by atoms with E-state index in [0.29, 0.717) is 32.0 Å². The zero-order valence-corrected chi connectivity index (χ0v) is 16.3. The molecule has 2 N–H and O–H groups in total. The number of nitrogens with zero attached hydrogens (tertiary/aromatic N) is 2. The van der Waals surface area contributed by atoms with Gasteiger partial charge in [-0.3, -0.25) is 19.8 Å². The number of nitro groups is 1. The number of carbonyl (C=O) groups excluding carboxylic acids is 1. The highest BCUT2D eigenvalue weighted by Gasteiger charge is 2.23. The number of hydrogen-bond acceptors (Lipinski definition) is 7. The van der Waals surface area contributed by atoms with Crippen molar-refractivity contribution >= 4 is 28.6 Å². The summed E-state index contributed by atoms with van der Waals surface area (Å²) in [5, 5.41) is 19.1. The molecule has 3 rings (SSSR count). The molecule has 1 aromatic heterocycles. The Labute approximate surface area is 167 Å². The minimum atomic E-state index is -0.434. The van der Waals surface area contributed by atoms with Crippen LogP contribution in [0.3, 0.4) is 0 Å². The van der Waals surface area contributed by atoms with E-state index in [2.05, 4.69) is 21.6 Å². The van der Waals surface area contributed by atoms with Crippen LogP contribution >= 0.6 is 11.3 Å². The minimum Gasteiger partial charge on any atom is -0.379 e. The number of anilines is 1. The van der Waals surface area contributed by atoms with Gasteiger partial charge in [0.2, 0.25) is 5.91 Å². The molecule has 9 heteroatoms. The van der Waals surface area contributed by atoms with Crippen LogP contribution in [0, 0.1) is 10.1 Å². The van der Waals surface area contributed by atoms with E-state index >= 15 is 0 Å². The first-order chi connectivity index (χ1) is 13.6. The van der Waals surface area contributed by atoms with Crippen LogP contribution in [0.4, 0.5) is 11.4 Å². The molecule has 2 heterocycles. The van der Waals surface area contributed by atoms with Crippen LogP contribution in [0.2, 0.25) is 0 Å². The van der Waals surface area contributed by atoms with Crippen LogP contribution in [-0.4, -0.2) is 55.1 Å². The van der Waals surface area contributed by atoms with Gasteiger partial charge < -0.3 is 15.4 Å². The molecule has 1 fully saturated rings. The number of hydrogen-bond donors (Lipinski definition) is 2. The summed E-state index contributed by atoms with van der Waals surface area (Å²) in [6.45, 7) is 3.96. The normalized spacial score (nSPS) is 15.7. The van der Waals surface area contributed by atoms with E-state index in [1.165, 1.54) is 10.9 Å². The molecule has 1 aromatic carbocycles. The molecular weight excluding hydrogens is 380 g/mol. The topological polar surface area (TPSA) is 96.7 Å². The molecule has 1 amide bonds. The molecule has 28 heavy (non-hydrogen) atoms. The predicted molar refractivity (Wildman–Crippen MR) is 109 cm³/mol. The van der Waals surface area contributed by atoms with Crippen molar-refractivity contribution in [1.29, 1.82) is 0 Å². The average molecular weight is 404 g/mol. The number of rotatable bonds is 9. The monoisotopic (exact) mass is 404 g/mol. The lowest BCUT2D eigenvalue weighted by atomic mass is 10.2. The van der Waals surface area contributed by atoms with Crippen molar-refractivity contribution in [1.82, 2.24) is 10.2 Å². The zero-order chi connectivity index (χ0) is 19.8. The molecule has 1 unspecified atom stereocenters. The maximum absolute atomic E-state index is 12.3. The van der Waals surface area contributed by atoms with Crippen LogP contribution in [-0.2, 0) is 9.53 Å². The summed E-state index contributed by atoms with van der Waals surface area (Å²) in [6.07, 6.45) is 0.242. The molecular formula is C19H24N4O4S. The number of para-hydroxylation sites is 2. The molecule has 0 aliphatic carbocycles. The van der Waals surface area contributed by atoms with Gasteiger partial charge in [0.25, 0.3) is 5.69 Å². The van der Waals surface area contributed by atoms with Gasteiger partial charge in [-0.05, 0) is 17.5 Å². The maximum atomic E-state index is 12.3. The van der Waals surface area contributed by atoms with Gasteiger partial charge in [-0.1, -0.05) is 18.2 Å². The van der Waals surface area contributed by atoms with Gasteiger partial charge in [0.05, 0.1) is 24.2 Å². The molecule has 0 saturated carbocycles. The Kier molecular flexibility index (Phi) is 7.35. The second-order valence-electron chi connectivity index (χ2n) is 6.43. The third-order valence-electron chi connectivity index (χ3n) is 4.62. The Morgan fingerprint density at radius 3 is 2.75 bits per heavy atom. The molecule has 1 atom stereocenters. The number of nitrogens with one attached hydrogen (secondary N) is 2. The second kappa shape index (κ2) is 10.2. The van der Waals surface area contributed by atoms with Crippen LogP contribution in [0.25, 0.3) is 0 Å². The van der Waals surface area contributed by atoms with Gasteiger partial charge in [0.15, 0.2) is 0 Å². The number of ether oxygens (including phenoxy) is 1. The van der Waals surface area contributed by atoms with Crippen molar-refractivity contribution in [2.24, 2.45) is 0 Å². The van der Waals surface area contributed by atoms with E-state index < -0.39 is 4.92 Å². The van der Waals surface area contributed by atoms with Crippen LogP contribution in [0.15, 0.2) is 41.8 Å². The molecule has 0 bridgehead atoms. The molecule has 8 nitrogen and oxygen atoms in total. The SMILES string of the molecule is O=C(CCNc1ccccc1[N+](=O)[O-])NCC(c1cccs1)N1CCOCC1. The van der Waals surface area contributed by atoms with Gasteiger partial charge in [-0.25, -0.2) is 0 Å². The quantitative estimate of drug-likeness (QED) is 0.493. The highest BCUT2D eigenvalue weighted by Crippen LogP contribution is 2.25. The van der Waals surface area contributed by atoms with Gasteiger partial charge >= 0.3 is 0 Å². The van der Waals surface area contributed by atoms with Crippen molar-refractivity contribution in [3.63, 3.8) is 0 Å². The summed E-state index contributed by atoms with van der Waals surface area (Å²) < 4.78 is 5.43. The number of benzene rings is 1. The summed E-state index contributed by atoms with van der Waals surface area (Å²) in [6, 6.07) is 10.7. The van der Waals surface area contributed by atoms with E-state index in [1.807, 2.05) is 11.4 Å². The van der Waals surface area contributed by atoms with Gasteiger partial charge in [-0.15, -0.1) is 11.3 Å².